The maximum atomic E-state index is 2.47. The zero-order valence-corrected chi connectivity index (χ0v) is 35.0. The van der Waals surface area contributed by atoms with E-state index >= 15 is 0 Å². The average molecular weight is 792 g/mol. The molecule has 1 aliphatic carbocycles. The second-order valence-electron chi connectivity index (χ2n) is 16.9. The van der Waals surface area contributed by atoms with Crippen molar-refractivity contribution in [1.29, 1.82) is 0 Å². The molecule has 0 heterocycles. The lowest BCUT2D eigenvalue weighted by atomic mass is 9.67. The van der Waals surface area contributed by atoms with Gasteiger partial charge in [0.2, 0.25) is 0 Å². The normalized spacial score (nSPS) is 12.5. The quantitative estimate of drug-likeness (QED) is 0.148. The fourth-order valence-corrected chi connectivity index (χ4v) is 9.60. The van der Waals surface area contributed by atoms with Crippen molar-refractivity contribution in [3.05, 3.63) is 248 Å². The van der Waals surface area contributed by atoms with Crippen LogP contribution in [-0.2, 0) is 5.41 Å². The maximum absolute atomic E-state index is 2.47. The summed E-state index contributed by atoms with van der Waals surface area (Å²) >= 11 is 0. The lowest BCUT2D eigenvalue weighted by molar-refractivity contribution is 0.645. The molecule has 0 aliphatic heterocycles. The second kappa shape index (κ2) is 15.4. The summed E-state index contributed by atoms with van der Waals surface area (Å²) in [4.78, 5) is 2.47. The summed E-state index contributed by atoms with van der Waals surface area (Å²) in [6, 6.07) is 86.6. The van der Waals surface area contributed by atoms with Gasteiger partial charge in [-0.05, 0) is 119 Å². The summed E-state index contributed by atoms with van der Waals surface area (Å²) < 4.78 is 0. The average Bonchev–Trinajstić information content (AvgIpc) is 3.35. The Hall–Kier alpha value is -7.74. The van der Waals surface area contributed by atoms with E-state index in [-0.39, 0.29) is 5.41 Å². The summed E-state index contributed by atoms with van der Waals surface area (Å²) in [5.41, 5.74) is 20.5. The summed E-state index contributed by atoms with van der Waals surface area (Å²) in [5, 5.41) is 2.58. The summed E-state index contributed by atoms with van der Waals surface area (Å²) in [6.45, 7) is 4.76. The van der Waals surface area contributed by atoms with E-state index in [0.717, 1.165) is 17.1 Å². The first-order valence-corrected chi connectivity index (χ1v) is 21.6. The third kappa shape index (κ3) is 6.60. The molecule has 11 rings (SSSR count). The fraction of sp³-hybridized carbons (Fsp3) is 0.0492. The third-order valence-corrected chi connectivity index (χ3v) is 12.9. The first kappa shape index (κ1) is 37.3. The van der Waals surface area contributed by atoms with Crippen molar-refractivity contribution < 1.29 is 0 Å². The van der Waals surface area contributed by atoms with Crippen LogP contribution in [0.5, 0.6) is 0 Å². The molecule has 1 aliphatic rings. The van der Waals surface area contributed by atoms with E-state index in [1.165, 1.54) is 88.7 Å². The smallest absolute Gasteiger partial charge is 0.0546 e. The fourth-order valence-electron chi connectivity index (χ4n) is 9.60. The van der Waals surface area contributed by atoms with Gasteiger partial charge in [-0.15, -0.1) is 0 Å². The molecule has 0 saturated carbocycles. The highest BCUT2D eigenvalue weighted by Crippen LogP contribution is 2.54. The molecule has 0 bridgehead atoms. The van der Waals surface area contributed by atoms with Crippen LogP contribution in [0.25, 0.3) is 77.5 Å². The third-order valence-electron chi connectivity index (χ3n) is 12.9. The Balaban J connectivity index is 1.06. The van der Waals surface area contributed by atoms with E-state index in [2.05, 4.69) is 255 Å². The molecule has 10 aromatic rings. The molecule has 0 aromatic heterocycles. The van der Waals surface area contributed by atoms with Crippen molar-refractivity contribution in [2.45, 2.75) is 19.3 Å². The van der Waals surface area contributed by atoms with Crippen molar-refractivity contribution >= 4 is 27.8 Å². The van der Waals surface area contributed by atoms with Crippen LogP contribution in [-0.4, -0.2) is 0 Å². The minimum absolute atomic E-state index is 0.185. The van der Waals surface area contributed by atoms with Crippen LogP contribution in [0.15, 0.2) is 237 Å². The molecule has 0 unspecified atom stereocenters. The molecule has 0 spiro atoms. The SMILES string of the molecule is CC1(C)c2ccc(-c3ccccc3)cc2-c2c(N(c3ccc(-c4ccc(-c5ccccc5)cc4)cc3)c3ccc(-c4ccc(-c5ccccc5)cc4)cc3)ccc3cccc1c23. The molecule has 294 valence electrons. The number of anilines is 3. The molecule has 0 atom stereocenters. The van der Waals surface area contributed by atoms with Crippen molar-refractivity contribution in [3.8, 4) is 66.8 Å². The summed E-state index contributed by atoms with van der Waals surface area (Å²) in [6.07, 6.45) is 0. The Morgan fingerprint density at radius 2 is 0.694 bits per heavy atom. The predicted octanol–water partition coefficient (Wildman–Crippen LogP) is 17.0. The van der Waals surface area contributed by atoms with Gasteiger partial charge in [0, 0.05) is 22.4 Å². The van der Waals surface area contributed by atoms with E-state index in [1.807, 2.05) is 0 Å². The van der Waals surface area contributed by atoms with Gasteiger partial charge in [-0.3, -0.25) is 0 Å². The van der Waals surface area contributed by atoms with Crippen molar-refractivity contribution in [2.75, 3.05) is 4.90 Å². The maximum Gasteiger partial charge on any atom is 0.0546 e. The summed E-state index contributed by atoms with van der Waals surface area (Å²) in [5.74, 6) is 0. The highest BCUT2D eigenvalue weighted by atomic mass is 15.1. The van der Waals surface area contributed by atoms with Crippen molar-refractivity contribution in [3.63, 3.8) is 0 Å². The lowest BCUT2D eigenvalue weighted by Crippen LogP contribution is -2.24. The van der Waals surface area contributed by atoms with Gasteiger partial charge in [-0.25, -0.2) is 0 Å². The van der Waals surface area contributed by atoms with Crippen molar-refractivity contribution in [1.82, 2.24) is 0 Å². The predicted molar refractivity (Wildman–Crippen MR) is 263 cm³/mol. The van der Waals surface area contributed by atoms with Gasteiger partial charge in [0.25, 0.3) is 0 Å². The number of hydrogen-bond donors (Lipinski definition) is 0. The van der Waals surface area contributed by atoms with Crippen LogP contribution in [0, 0.1) is 0 Å². The molecule has 0 N–H and O–H groups in total. The standard InChI is InChI=1S/C61H45N/c1-61(2)56-39-33-52(44-17-10-5-11-18-44)41-55(56)60-58(40-34-51-19-12-20-57(61)59(51)60)62(53-35-29-49(30-36-53)47-25-21-45(22-26-47)42-13-6-3-7-14-42)54-37-31-50(32-38-54)48-27-23-46(24-28-48)43-15-8-4-9-16-43/h3-41H,1-2H3. The van der Waals surface area contributed by atoms with Crippen LogP contribution < -0.4 is 4.90 Å². The van der Waals surface area contributed by atoms with Gasteiger partial charge in [0.1, 0.15) is 0 Å². The molecule has 1 nitrogen and oxygen atoms in total. The zero-order chi connectivity index (χ0) is 41.6. The minimum atomic E-state index is -0.185. The largest absolute Gasteiger partial charge is 0.310 e. The number of hydrogen-bond acceptors (Lipinski definition) is 1. The Labute approximate surface area is 364 Å². The molecule has 62 heavy (non-hydrogen) atoms. The Kier molecular flexibility index (Phi) is 9.24. The van der Waals surface area contributed by atoms with Gasteiger partial charge in [-0.2, -0.15) is 0 Å². The minimum Gasteiger partial charge on any atom is -0.310 e. The van der Waals surface area contributed by atoms with Gasteiger partial charge in [0.05, 0.1) is 5.69 Å². The number of rotatable bonds is 8. The van der Waals surface area contributed by atoms with Gasteiger partial charge >= 0.3 is 0 Å². The van der Waals surface area contributed by atoms with Gasteiger partial charge in [0.15, 0.2) is 0 Å². The number of fused-ring (bicyclic) bond motifs is 2. The van der Waals surface area contributed by atoms with Crippen LogP contribution in [0.2, 0.25) is 0 Å². The Morgan fingerprint density at radius 1 is 0.306 bits per heavy atom. The zero-order valence-electron chi connectivity index (χ0n) is 35.0. The molecule has 0 fully saturated rings. The first-order valence-electron chi connectivity index (χ1n) is 21.6. The molecule has 0 radical (unpaired) electrons. The van der Waals surface area contributed by atoms with E-state index in [0.29, 0.717) is 0 Å². The first-order chi connectivity index (χ1) is 30.5. The van der Waals surface area contributed by atoms with E-state index in [1.54, 1.807) is 0 Å². The number of nitrogens with zero attached hydrogens (tertiary/aromatic N) is 1. The molecule has 0 saturated heterocycles. The van der Waals surface area contributed by atoms with Crippen LogP contribution >= 0.6 is 0 Å². The van der Waals surface area contributed by atoms with Gasteiger partial charge in [-0.1, -0.05) is 214 Å². The molecule has 1 heteroatoms. The Bertz CT molecular complexity index is 3060. The van der Waals surface area contributed by atoms with Crippen LogP contribution in [0.3, 0.4) is 0 Å². The monoisotopic (exact) mass is 791 g/mol. The van der Waals surface area contributed by atoms with Crippen LogP contribution in [0.1, 0.15) is 25.0 Å². The highest BCUT2D eigenvalue weighted by Gasteiger charge is 2.36. The van der Waals surface area contributed by atoms with Gasteiger partial charge < -0.3 is 4.90 Å². The van der Waals surface area contributed by atoms with E-state index < -0.39 is 0 Å². The molecule has 10 aromatic carbocycles. The topological polar surface area (TPSA) is 3.24 Å². The molecular weight excluding hydrogens is 747 g/mol. The Morgan fingerprint density at radius 3 is 1.15 bits per heavy atom. The number of benzene rings is 10. The molecule has 0 amide bonds. The highest BCUT2D eigenvalue weighted by molar-refractivity contribution is 6.10. The second-order valence-corrected chi connectivity index (χ2v) is 16.9. The van der Waals surface area contributed by atoms with E-state index in [4.69, 9.17) is 0 Å². The van der Waals surface area contributed by atoms with Crippen LogP contribution in [0.4, 0.5) is 17.1 Å². The van der Waals surface area contributed by atoms with Crippen molar-refractivity contribution in [2.24, 2.45) is 0 Å². The molecular formula is C61H45N. The van der Waals surface area contributed by atoms with E-state index in [9.17, 15) is 0 Å². The lowest BCUT2D eigenvalue weighted by Gasteiger charge is -2.38. The summed E-state index contributed by atoms with van der Waals surface area (Å²) in [7, 11) is 0.